The molecular weight excluding hydrogens is 862 g/mol. The number of nitrogens with zero attached hydrogens (tertiary/aromatic N) is 11. The molecule has 11 rings (SSSR count). The largest absolute Gasteiger partial charge is 0.755 e. The van der Waals surface area contributed by atoms with Crippen LogP contribution in [0, 0.1) is 12.9 Å². The molecule has 0 aliphatic carbocycles. The van der Waals surface area contributed by atoms with Gasteiger partial charge in [0.25, 0.3) is 0 Å². The maximum absolute atomic E-state index is 13.9. The van der Waals surface area contributed by atoms with Gasteiger partial charge in [-0.05, 0) is 110 Å². The van der Waals surface area contributed by atoms with E-state index in [2.05, 4.69) is 57.9 Å². The zero-order valence-electron chi connectivity index (χ0n) is 35.7. The Morgan fingerprint density at radius 2 is 1.35 bits per heavy atom. The van der Waals surface area contributed by atoms with Gasteiger partial charge in [0.2, 0.25) is 5.95 Å². The molecule has 2 N–H and O–H groups in total. The first-order valence-electron chi connectivity index (χ1n) is 21.6. The number of rotatable bonds is 10. The molecule has 0 radical (unpaired) electrons. The van der Waals surface area contributed by atoms with Gasteiger partial charge < -0.3 is 24.1 Å². The molecule has 0 bridgehead atoms. The van der Waals surface area contributed by atoms with E-state index in [0.717, 1.165) is 102 Å². The minimum absolute atomic E-state index is 0.0692. The summed E-state index contributed by atoms with van der Waals surface area (Å²) in [6.45, 7) is 3.57. The van der Waals surface area contributed by atoms with Crippen molar-refractivity contribution in [2.24, 2.45) is 0 Å². The van der Waals surface area contributed by atoms with Gasteiger partial charge in [-0.15, -0.1) is 0 Å². The lowest BCUT2D eigenvalue weighted by molar-refractivity contribution is -0.0299. The van der Waals surface area contributed by atoms with Crippen LogP contribution in [0.4, 0.5) is 21.6 Å². The number of ether oxygens (including phenoxy) is 2. The molecule has 66 heavy (non-hydrogen) atoms. The first kappa shape index (κ1) is 42.7. The molecule has 0 spiro atoms. The van der Waals surface area contributed by atoms with Crippen LogP contribution in [0.5, 0.6) is 0 Å². The number of halogens is 1. The number of hydrogen-bond acceptors (Lipinski definition) is 14. The van der Waals surface area contributed by atoms with Gasteiger partial charge in [-0.1, -0.05) is 18.2 Å². The molecule has 19 heteroatoms. The highest BCUT2D eigenvalue weighted by Crippen LogP contribution is 2.35. The summed E-state index contributed by atoms with van der Waals surface area (Å²) in [7, 11) is 0. The summed E-state index contributed by atoms with van der Waals surface area (Å²) in [5.74, 6) is 0.101. The van der Waals surface area contributed by atoms with Crippen molar-refractivity contribution in [2.45, 2.75) is 64.3 Å². The standard InChI is InChI=1S/C32H30N8O3S.C15H14FN5O/c1-20-10-11-24-23(12-14-34-31(24)38-21-6-4-7-22(16-21)39-44(41)42)26(20)17-27-25(8-5-13-33-27)29-30-32(36-18-35-29)40(19-37-30)28-9-2-3-15-43-28;16-14-10(4-3-6-17-14)12-13-15(19-8-18-12)21(9-20-13)11-5-1-2-7-22-11/h4-8,10-14,16,18-19,28,39H,2-3,9,15,17H2,1H3,(H,34,38)(H,41,42);3-4,6,8-9,11H,1-2,5,7H2/p-1. The van der Waals surface area contributed by atoms with Gasteiger partial charge >= 0.3 is 0 Å². The summed E-state index contributed by atoms with van der Waals surface area (Å²) in [5, 5.41) is 5.33. The summed E-state index contributed by atoms with van der Waals surface area (Å²) in [6, 6.07) is 20.4. The third-order valence-corrected chi connectivity index (χ3v) is 12.2. The van der Waals surface area contributed by atoms with Gasteiger partial charge in [0.1, 0.15) is 53.3 Å². The Morgan fingerprint density at radius 1 is 0.697 bits per heavy atom. The maximum Gasteiger partial charge on any atom is 0.222 e. The Labute approximate surface area is 380 Å². The number of pyridine rings is 3. The van der Waals surface area contributed by atoms with Crippen LogP contribution in [-0.4, -0.2) is 76.0 Å². The molecule has 9 heterocycles. The van der Waals surface area contributed by atoms with E-state index in [4.69, 9.17) is 19.4 Å². The monoisotopic (exact) mass is 904 g/mol. The van der Waals surface area contributed by atoms with Crippen molar-refractivity contribution >= 4 is 61.6 Å². The molecular formula is C47H43FN13O4S-. The highest BCUT2D eigenvalue weighted by Gasteiger charge is 2.24. The van der Waals surface area contributed by atoms with Crippen molar-refractivity contribution in [1.82, 2.24) is 54.0 Å². The van der Waals surface area contributed by atoms with Crippen LogP contribution >= 0.6 is 0 Å². The molecule has 9 aromatic rings. The Kier molecular flexibility index (Phi) is 12.4. The highest BCUT2D eigenvalue weighted by molar-refractivity contribution is 7.80. The van der Waals surface area contributed by atoms with Crippen molar-refractivity contribution in [1.29, 1.82) is 0 Å². The molecule has 3 atom stereocenters. The van der Waals surface area contributed by atoms with Crippen LogP contribution < -0.4 is 10.0 Å². The fourth-order valence-corrected chi connectivity index (χ4v) is 8.90. The summed E-state index contributed by atoms with van der Waals surface area (Å²) in [4.78, 5) is 39.9. The normalized spacial score (nSPS) is 16.8. The zero-order valence-corrected chi connectivity index (χ0v) is 36.6. The number of nitrogens with one attached hydrogen (secondary N) is 2. The second-order valence-electron chi connectivity index (χ2n) is 15.9. The summed E-state index contributed by atoms with van der Waals surface area (Å²) >= 11 is -2.41. The van der Waals surface area contributed by atoms with E-state index >= 15 is 0 Å². The summed E-state index contributed by atoms with van der Waals surface area (Å²) in [6.07, 6.45) is 18.1. The molecule has 3 unspecified atom stereocenters. The second-order valence-corrected chi connectivity index (χ2v) is 16.6. The van der Waals surface area contributed by atoms with Crippen LogP contribution in [-0.2, 0) is 27.2 Å². The van der Waals surface area contributed by atoms with Gasteiger partial charge in [-0.2, -0.15) is 4.39 Å². The van der Waals surface area contributed by atoms with Crippen molar-refractivity contribution < 1.29 is 22.6 Å². The molecule has 2 saturated heterocycles. The van der Waals surface area contributed by atoms with E-state index in [1.165, 1.54) is 12.5 Å². The lowest BCUT2D eigenvalue weighted by atomic mass is 9.94. The van der Waals surface area contributed by atoms with E-state index in [-0.39, 0.29) is 12.5 Å². The quantitative estimate of drug-likeness (QED) is 0.0972. The van der Waals surface area contributed by atoms with E-state index < -0.39 is 17.2 Å². The third kappa shape index (κ3) is 8.80. The van der Waals surface area contributed by atoms with Gasteiger partial charge in [-0.3, -0.25) is 18.3 Å². The SMILES string of the molecule is Cc1ccc2c(Nc3cccc(NS(=O)[O-])c3)nccc2c1Cc1ncccc1-c1ncnc2c1ncn2C1CCCCO1.Fc1ncccc1-c1ncnc2c1ncn2C1CCCCO1. The molecule has 0 amide bonds. The van der Waals surface area contributed by atoms with Crippen molar-refractivity contribution in [3.63, 3.8) is 0 Å². The van der Waals surface area contributed by atoms with Crippen LogP contribution in [0.25, 0.3) is 55.6 Å². The fourth-order valence-electron chi connectivity index (χ4n) is 8.58. The van der Waals surface area contributed by atoms with Gasteiger partial charge in [-0.25, -0.2) is 39.9 Å². The van der Waals surface area contributed by atoms with Crippen molar-refractivity contribution in [3.8, 4) is 22.5 Å². The predicted molar refractivity (Wildman–Crippen MR) is 246 cm³/mol. The van der Waals surface area contributed by atoms with E-state index in [1.807, 2.05) is 39.5 Å². The lowest BCUT2D eigenvalue weighted by Crippen LogP contribution is -2.17. The number of anilines is 3. The third-order valence-electron chi connectivity index (χ3n) is 11.8. The average molecular weight is 905 g/mol. The molecule has 2 aliphatic heterocycles. The van der Waals surface area contributed by atoms with E-state index in [1.54, 1.807) is 61.7 Å². The smallest absolute Gasteiger partial charge is 0.222 e. The molecule has 7 aromatic heterocycles. The first-order valence-corrected chi connectivity index (χ1v) is 22.7. The number of aryl methyl sites for hydroxylation is 1. The van der Waals surface area contributed by atoms with Crippen molar-refractivity contribution in [3.05, 3.63) is 133 Å². The van der Waals surface area contributed by atoms with Crippen LogP contribution in [0.3, 0.4) is 0 Å². The maximum atomic E-state index is 13.9. The minimum atomic E-state index is -2.41. The van der Waals surface area contributed by atoms with Crippen LogP contribution in [0.2, 0.25) is 0 Å². The highest BCUT2D eigenvalue weighted by atomic mass is 32.2. The zero-order chi connectivity index (χ0) is 45.0. The molecule has 0 saturated carbocycles. The van der Waals surface area contributed by atoms with Crippen LogP contribution in [0.15, 0.2) is 111 Å². The van der Waals surface area contributed by atoms with Crippen molar-refractivity contribution in [2.75, 3.05) is 23.3 Å². The summed E-state index contributed by atoms with van der Waals surface area (Å²) < 4.78 is 54.2. The van der Waals surface area contributed by atoms with Crippen LogP contribution in [0.1, 0.15) is 67.8 Å². The molecule has 2 aromatic carbocycles. The van der Waals surface area contributed by atoms with Gasteiger partial charge in [0, 0.05) is 71.8 Å². The molecule has 2 aliphatic rings. The molecule has 2 fully saturated rings. The average Bonchev–Trinajstić information content (AvgIpc) is 3.99. The number of imidazole rings is 2. The van der Waals surface area contributed by atoms with Gasteiger partial charge in [0.05, 0.1) is 23.9 Å². The number of benzene rings is 2. The molecule has 334 valence electrons. The number of aromatic nitrogens is 11. The van der Waals surface area contributed by atoms with Gasteiger partial charge in [0.15, 0.2) is 11.3 Å². The molecule has 17 nitrogen and oxygen atoms in total. The lowest BCUT2D eigenvalue weighted by Gasteiger charge is -2.23. The summed E-state index contributed by atoms with van der Waals surface area (Å²) in [5.41, 5.74) is 9.39. The first-order chi connectivity index (χ1) is 32.4. The minimum Gasteiger partial charge on any atom is -0.755 e. The Hall–Kier alpha value is -7.19. The second kappa shape index (κ2) is 19.1. The Bertz CT molecular complexity index is 3210. The number of fused-ring (bicyclic) bond motifs is 3. The Morgan fingerprint density at radius 3 is 2.00 bits per heavy atom. The fraction of sp³-hybridized carbons (Fsp3) is 0.255. The van der Waals surface area contributed by atoms with E-state index in [0.29, 0.717) is 46.0 Å². The number of hydrogen-bond donors (Lipinski definition) is 2. The topological polar surface area (TPSA) is 209 Å². The Balaban J connectivity index is 0.000000194. The van der Waals surface area contributed by atoms with E-state index in [9.17, 15) is 13.2 Å². The predicted octanol–water partition coefficient (Wildman–Crippen LogP) is 8.71.